The zero-order valence-electron chi connectivity index (χ0n) is 11.3. The number of nitrogens with zero attached hydrogens (tertiary/aromatic N) is 2. The molecule has 0 spiro atoms. The Kier molecular flexibility index (Phi) is 3.19. The summed E-state index contributed by atoms with van der Waals surface area (Å²) in [5.41, 5.74) is 0.748. The Balaban J connectivity index is 1.92. The number of imidazole rings is 1. The van der Waals surface area contributed by atoms with E-state index in [9.17, 15) is 5.11 Å². The van der Waals surface area contributed by atoms with Gasteiger partial charge in [0.1, 0.15) is 11.5 Å². The summed E-state index contributed by atoms with van der Waals surface area (Å²) >= 11 is 0. The SMILES string of the molecule is CC1CCCC(CO)(Nc2cccc3nccn23)C1. The van der Waals surface area contributed by atoms with Gasteiger partial charge in [-0.25, -0.2) is 4.98 Å². The molecule has 0 aliphatic heterocycles. The van der Waals surface area contributed by atoms with Gasteiger partial charge in [-0.3, -0.25) is 4.40 Å². The van der Waals surface area contributed by atoms with Crippen LogP contribution in [0.3, 0.4) is 0 Å². The maximum absolute atomic E-state index is 9.86. The molecule has 1 fully saturated rings. The maximum atomic E-state index is 9.86. The Morgan fingerprint density at radius 2 is 2.42 bits per heavy atom. The average Bonchev–Trinajstić information content (AvgIpc) is 2.88. The summed E-state index contributed by atoms with van der Waals surface area (Å²) in [6.45, 7) is 2.45. The van der Waals surface area contributed by atoms with Crippen LogP contribution in [0.1, 0.15) is 32.6 Å². The molecule has 2 aromatic rings. The molecule has 2 N–H and O–H groups in total. The lowest BCUT2D eigenvalue weighted by atomic mass is 9.77. The molecule has 0 aromatic carbocycles. The van der Waals surface area contributed by atoms with Crippen molar-refractivity contribution in [3.63, 3.8) is 0 Å². The van der Waals surface area contributed by atoms with Gasteiger partial charge in [0.25, 0.3) is 0 Å². The molecular weight excluding hydrogens is 238 g/mol. The van der Waals surface area contributed by atoms with Crippen LogP contribution in [0, 0.1) is 5.92 Å². The molecule has 2 unspecified atom stereocenters. The van der Waals surface area contributed by atoms with Crippen molar-refractivity contribution in [3.8, 4) is 0 Å². The van der Waals surface area contributed by atoms with Crippen molar-refractivity contribution in [1.29, 1.82) is 0 Å². The van der Waals surface area contributed by atoms with E-state index in [4.69, 9.17) is 0 Å². The molecule has 2 aromatic heterocycles. The highest BCUT2D eigenvalue weighted by Gasteiger charge is 2.34. The molecule has 4 nitrogen and oxygen atoms in total. The highest BCUT2D eigenvalue weighted by molar-refractivity contribution is 5.51. The number of pyridine rings is 1. The van der Waals surface area contributed by atoms with E-state index in [1.807, 2.05) is 28.8 Å². The van der Waals surface area contributed by atoms with Crippen LogP contribution in [0.4, 0.5) is 5.82 Å². The second kappa shape index (κ2) is 4.85. The first-order valence-electron chi connectivity index (χ1n) is 7.04. The maximum Gasteiger partial charge on any atom is 0.138 e. The smallest absolute Gasteiger partial charge is 0.138 e. The van der Waals surface area contributed by atoms with Gasteiger partial charge in [-0.15, -0.1) is 0 Å². The van der Waals surface area contributed by atoms with E-state index in [0.29, 0.717) is 5.92 Å². The van der Waals surface area contributed by atoms with Crippen molar-refractivity contribution in [3.05, 3.63) is 30.6 Å². The lowest BCUT2D eigenvalue weighted by Crippen LogP contribution is -2.46. The van der Waals surface area contributed by atoms with Crippen molar-refractivity contribution >= 4 is 11.5 Å². The summed E-state index contributed by atoms with van der Waals surface area (Å²) in [5.74, 6) is 1.67. The zero-order chi connectivity index (χ0) is 13.3. The molecule has 1 aliphatic rings. The highest BCUT2D eigenvalue weighted by Crippen LogP contribution is 2.34. The van der Waals surface area contributed by atoms with Crippen molar-refractivity contribution in [2.24, 2.45) is 5.92 Å². The Morgan fingerprint density at radius 1 is 1.53 bits per heavy atom. The number of rotatable bonds is 3. The molecule has 0 bridgehead atoms. The van der Waals surface area contributed by atoms with Crippen LogP contribution in [0.5, 0.6) is 0 Å². The van der Waals surface area contributed by atoms with Gasteiger partial charge in [-0.2, -0.15) is 0 Å². The van der Waals surface area contributed by atoms with Crippen LogP contribution in [0.25, 0.3) is 5.65 Å². The van der Waals surface area contributed by atoms with Crippen LogP contribution >= 0.6 is 0 Å². The van der Waals surface area contributed by atoms with E-state index in [1.54, 1.807) is 6.20 Å². The van der Waals surface area contributed by atoms with Crippen LogP contribution < -0.4 is 5.32 Å². The molecule has 0 amide bonds. The fourth-order valence-electron chi connectivity index (χ4n) is 3.28. The van der Waals surface area contributed by atoms with Gasteiger partial charge in [0, 0.05) is 12.4 Å². The van der Waals surface area contributed by atoms with Crippen molar-refractivity contribution in [1.82, 2.24) is 9.38 Å². The van der Waals surface area contributed by atoms with E-state index >= 15 is 0 Å². The van der Waals surface area contributed by atoms with Gasteiger partial charge in [0.05, 0.1) is 12.1 Å². The number of aliphatic hydroxyl groups excluding tert-OH is 1. The molecule has 2 atom stereocenters. The third-order valence-electron chi connectivity index (χ3n) is 4.22. The first kappa shape index (κ1) is 12.5. The Morgan fingerprint density at radius 3 is 3.21 bits per heavy atom. The van der Waals surface area contributed by atoms with Crippen LogP contribution in [-0.2, 0) is 0 Å². The Bertz CT molecular complexity index is 565. The summed E-state index contributed by atoms with van der Waals surface area (Å²) < 4.78 is 2.04. The molecule has 19 heavy (non-hydrogen) atoms. The van der Waals surface area contributed by atoms with E-state index in [0.717, 1.165) is 24.3 Å². The molecule has 102 valence electrons. The fraction of sp³-hybridized carbons (Fsp3) is 0.533. The summed E-state index contributed by atoms with van der Waals surface area (Å²) in [6, 6.07) is 6.04. The quantitative estimate of drug-likeness (QED) is 0.891. The number of hydrogen-bond donors (Lipinski definition) is 2. The predicted octanol–water partition coefficient (Wildman–Crippen LogP) is 2.69. The van der Waals surface area contributed by atoms with Crippen LogP contribution in [0.15, 0.2) is 30.6 Å². The summed E-state index contributed by atoms with van der Waals surface area (Å²) in [7, 11) is 0. The largest absolute Gasteiger partial charge is 0.394 e. The molecular formula is C15H21N3O. The topological polar surface area (TPSA) is 49.6 Å². The van der Waals surface area contributed by atoms with Gasteiger partial charge in [0.15, 0.2) is 0 Å². The summed E-state index contributed by atoms with van der Waals surface area (Å²) in [5, 5.41) is 13.4. The third kappa shape index (κ3) is 2.32. The molecule has 0 saturated heterocycles. The van der Waals surface area contributed by atoms with E-state index in [-0.39, 0.29) is 12.1 Å². The van der Waals surface area contributed by atoms with Gasteiger partial charge < -0.3 is 10.4 Å². The first-order valence-corrected chi connectivity index (χ1v) is 7.04. The minimum atomic E-state index is -0.184. The standard InChI is InChI=1S/C15H21N3O/c1-12-4-3-7-15(10-12,11-19)17-14-6-2-5-13-16-8-9-18(13)14/h2,5-6,8-9,12,17,19H,3-4,7,10-11H2,1H3. The number of nitrogens with one attached hydrogen (secondary N) is 1. The minimum Gasteiger partial charge on any atom is -0.394 e. The van der Waals surface area contributed by atoms with Crippen molar-refractivity contribution in [2.45, 2.75) is 38.1 Å². The van der Waals surface area contributed by atoms with Crippen molar-refractivity contribution < 1.29 is 5.11 Å². The van der Waals surface area contributed by atoms with Gasteiger partial charge in [-0.05, 0) is 30.9 Å². The Hall–Kier alpha value is -1.55. The fourth-order valence-corrected chi connectivity index (χ4v) is 3.28. The number of hydrogen-bond acceptors (Lipinski definition) is 3. The van der Waals surface area contributed by atoms with Gasteiger partial charge in [-0.1, -0.05) is 25.8 Å². The second-order valence-electron chi connectivity index (χ2n) is 5.83. The van der Waals surface area contributed by atoms with Gasteiger partial charge in [0.2, 0.25) is 0 Å². The predicted molar refractivity (Wildman–Crippen MR) is 76.3 cm³/mol. The molecule has 1 saturated carbocycles. The summed E-state index contributed by atoms with van der Waals surface area (Å²) in [6.07, 6.45) is 8.24. The zero-order valence-corrected chi connectivity index (χ0v) is 11.3. The average molecular weight is 259 g/mol. The highest BCUT2D eigenvalue weighted by atomic mass is 16.3. The summed E-state index contributed by atoms with van der Waals surface area (Å²) in [4.78, 5) is 4.30. The molecule has 3 rings (SSSR count). The lowest BCUT2D eigenvalue weighted by molar-refractivity contribution is 0.149. The molecule has 0 radical (unpaired) electrons. The number of aliphatic hydroxyl groups is 1. The van der Waals surface area contributed by atoms with E-state index < -0.39 is 0 Å². The first-order chi connectivity index (χ1) is 9.22. The Labute approximate surface area is 113 Å². The molecule has 1 aliphatic carbocycles. The third-order valence-corrected chi connectivity index (χ3v) is 4.22. The second-order valence-corrected chi connectivity index (χ2v) is 5.83. The van der Waals surface area contributed by atoms with Crippen LogP contribution in [-0.4, -0.2) is 26.6 Å². The molecule has 4 heteroatoms. The number of aromatic nitrogens is 2. The number of anilines is 1. The van der Waals surface area contributed by atoms with Crippen LogP contribution in [0.2, 0.25) is 0 Å². The molecule has 2 heterocycles. The van der Waals surface area contributed by atoms with Crippen molar-refractivity contribution in [2.75, 3.05) is 11.9 Å². The number of fused-ring (bicyclic) bond motifs is 1. The lowest BCUT2D eigenvalue weighted by Gasteiger charge is -2.40. The van der Waals surface area contributed by atoms with E-state index in [1.165, 1.54) is 12.8 Å². The van der Waals surface area contributed by atoms with Gasteiger partial charge >= 0.3 is 0 Å². The van der Waals surface area contributed by atoms with E-state index in [2.05, 4.69) is 17.2 Å². The minimum absolute atomic E-state index is 0.183. The normalized spacial score (nSPS) is 27.6. The monoisotopic (exact) mass is 259 g/mol.